The topological polar surface area (TPSA) is 248 Å². The molecular weight excluding hydrogens is 456 g/mol. The first-order valence-corrected chi connectivity index (χ1v) is 10.4. The van der Waals surface area contributed by atoms with E-state index in [-0.39, 0.29) is 0 Å². The van der Waals surface area contributed by atoms with Gasteiger partial charge in [0.2, 0.25) is 0 Å². The van der Waals surface area contributed by atoms with Gasteiger partial charge in [0.05, 0.1) is 19.3 Å². The minimum atomic E-state index is -1.88. The van der Waals surface area contributed by atoms with Gasteiger partial charge in [0.25, 0.3) is 0 Å². The molecule has 3 heterocycles. The van der Waals surface area contributed by atoms with Crippen LogP contribution in [0.5, 0.6) is 0 Å². The van der Waals surface area contributed by atoms with E-state index in [2.05, 4.69) is 0 Å². The molecule has 0 radical (unpaired) electrons. The Balaban J connectivity index is 1.83. The van der Waals surface area contributed by atoms with Crippen LogP contribution in [0, 0.1) is 0 Å². The van der Waals surface area contributed by atoms with Gasteiger partial charge in [0.1, 0.15) is 67.1 Å². The number of aliphatic hydroxyl groups is 10. The summed E-state index contributed by atoms with van der Waals surface area (Å²) < 4.78 is 26.9. The molecular formula is C18H32O15. The molecule has 33 heavy (non-hydrogen) atoms. The zero-order chi connectivity index (χ0) is 24.6. The Morgan fingerprint density at radius 2 is 1.06 bits per heavy atom. The van der Waals surface area contributed by atoms with Crippen LogP contribution in [0.2, 0.25) is 0 Å². The van der Waals surface area contributed by atoms with E-state index in [4.69, 9.17) is 23.7 Å². The SMILES string of the molecule is CC1O[C@@H](OC2[C@H](O[C@@H]3O[C@@H](CO)[C@H](O)C(O)C3O)C(CO)O[C@@H](O)[C@H]2O)C(O)[C@@H](O)[C@@H]1O. The van der Waals surface area contributed by atoms with Crippen molar-refractivity contribution in [3.8, 4) is 0 Å². The van der Waals surface area contributed by atoms with Gasteiger partial charge in [-0.1, -0.05) is 0 Å². The highest BCUT2D eigenvalue weighted by atomic mass is 16.8. The van der Waals surface area contributed by atoms with E-state index in [1.54, 1.807) is 0 Å². The monoisotopic (exact) mass is 488 g/mol. The highest BCUT2D eigenvalue weighted by Crippen LogP contribution is 2.32. The molecule has 3 fully saturated rings. The smallest absolute Gasteiger partial charge is 0.187 e. The molecule has 0 bridgehead atoms. The number of hydrogen-bond donors (Lipinski definition) is 10. The summed E-state index contributed by atoms with van der Waals surface area (Å²) in [7, 11) is 0. The Labute approximate surface area is 187 Å². The highest BCUT2D eigenvalue weighted by Gasteiger charge is 2.53. The van der Waals surface area contributed by atoms with Crippen molar-refractivity contribution >= 4 is 0 Å². The summed E-state index contributed by atoms with van der Waals surface area (Å²) in [5.74, 6) is 0. The quantitative estimate of drug-likeness (QED) is 0.167. The molecule has 0 aromatic rings. The van der Waals surface area contributed by atoms with Crippen LogP contribution in [0.4, 0.5) is 0 Å². The third-order valence-electron chi connectivity index (χ3n) is 6.05. The van der Waals surface area contributed by atoms with Crippen LogP contribution in [-0.2, 0) is 23.7 Å². The van der Waals surface area contributed by atoms with Gasteiger partial charge in [0.15, 0.2) is 18.9 Å². The Hall–Kier alpha value is -0.600. The van der Waals surface area contributed by atoms with Crippen LogP contribution in [0.3, 0.4) is 0 Å². The van der Waals surface area contributed by atoms with E-state index < -0.39 is 105 Å². The second-order valence-electron chi connectivity index (χ2n) is 8.32. The molecule has 3 rings (SSSR count). The predicted molar refractivity (Wildman–Crippen MR) is 99.8 cm³/mol. The summed E-state index contributed by atoms with van der Waals surface area (Å²) in [6.45, 7) is -0.127. The molecule has 15 heteroatoms. The summed E-state index contributed by atoms with van der Waals surface area (Å²) >= 11 is 0. The fourth-order valence-electron chi connectivity index (χ4n) is 3.99. The van der Waals surface area contributed by atoms with Crippen molar-refractivity contribution in [2.24, 2.45) is 0 Å². The maximum absolute atomic E-state index is 10.5. The summed E-state index contributed by atoms with van der Waals surface area (Å²) in [6, 6.07) is 0. The molecule has 0 aromatic heterocycles. The lowest BCUT2D eigenvalue weighted by Gasteiger charge is -2.48. The van der Waals surface area contributed by atoms with E-state index in [0.717, 1.165) is 0 Å². The third-order valence-corrected chi connectivity index (χ3v) is 6.05. The second-order valence-corrected chi connectivity index (χ2v) is 8.32. The zero-order valence-corrected chi connectivity index (χ0v) is 17.6. The first kappa shape index (κ1) is 27.0. The highest BCUT2D eigenvalue weighted by molar-refractivity contribution is 4.96. The molecule has 0 saturated carbocycles. The largest absolute Gasteiger partial charge is 0.394 e. The van der Waals surface area contributed by atoms with Crippen LogP contribution in [0.1, 0.15) is 6.92 Å². The molecule has 3 aliphatic rings. The summed E-state index contributed by atoms with van der Waals surface area (Å²) in [6.07, 6.45) is -24.0. The van der Waals surface area contributed by atoms with Crippen LogP contribution in [0.25, 0.3) is 0 Å². The van der Waals surface area contributed by atoms with Gasteiger partial charge in [-0.15, -0.1) is 0 Å². The van der Waals surface area contributed by atoms with Gasteiger partial charge >= 0.3 is 0 Å². The van der Waals surface area contributed by atoms with Crippen molar-refractivity contribution in [3.05, 3.63) is 0 Å². The molecule has 15 nitrogen and oxygen atoms in total. The van der Waals surface area contributed by atoms with E-state index in [9.17, 15) is 51.1 Å². The molecule has 0 spiro atoms. The van der Waals surface area contributed by atoms with Crippen molar-refractivity contribution in [1.29, 1.82) is 0 Å². The number of rotatable bonds is 6. The maximum Gasteiger partial charge on any atom is 0.187 e. The molecule has 0 aromatic carbocycles. The summed E-state index contributed by atoms with van der Waals surface area (Å²) in [5.41, 5.74) is 0. The summed E-state index contributed by atoms with van der Waals surface area (Å²) in [4.78, 5) is 0. The lowest BCUT2D eigenvalue weighted by atomic mass is 9.96. The standard InChI is InChI=1S/C18H32O15/c1-4-7(21)9(23)11(25)17(29-4)33-15-13(27)16(28)30-6(3-20)14(15)32-18-12(26)10(24)8(22)5(2-19)31-18/h4-28H,2-3H2,1H3/t4?,5-,6?,7+,8-,9-,10?,11?,12?,13-,14+,15?,16+,17-,18-/m0/s1. The molecule has 0 amide bonds. The van der Waals surface area contributed by atoms with Crippen molar-refractivity contribution in [1.82, 2.24) is 0 Å². The molecule has 10 N–H and O–H groups in total. The number of ether oxygens (including phenoxy) is 5. The predicted octanol–water partition coefficient (Wildman–Crippen LogP) is -6.55. The molecule has 194 valence electrons. The van der Waals surface area contributed by atoms with Gasteiger partial charge in [-0.05, 0) is 6.92 Å². The van der Waals surface area contributed by atoms with Crippen LogP contribution in [0.15, 0.2) is 0 Å². The van der Waals surface area contributed by atoms with Crippen molar-refractivity contribution in [2.75, 3.05) is 13.2 Å². The first-order valence-electron chi connectivity index (χ1n) is 10.4. The van der Waals surface area contributed by atoms with Crippen LogP contribution in [-0.4, -0.2) is 156 Å². The lowest BCUT2D eigenvalue weighted by molar-refractivity contribution is -0.382. The van der Waals surface area contributed by atoms with Crippen molar-refractivity contribution in [2.45, 2.75) is 99.0 Å². The third kappa shape index (κ3) is 5.32. The van der Waals surface area contributed by atoms with Crippen molar-refractivity contribution in [3.63, 3.8) is 0 Å². The van der Waals surface area contributed by atoms with E-state index in [1.165, 1.54) is 6.92 Å². The number of hydrogen-bond acceptors (Lipinski definition) is 15. The average Bonchev–Trinajstić information content (AvgIpc) is 2.80. The first-order chi connectivity index (χ1) is 15.5. The Kier molecular flexibility index (Phi) is 8.99. The lowest BCUT2D eigenvalue weighted by Crippen LogP contribution is -2.66. The average molecular weight is 488 g/mol. The molecule has 6 unspecified atom stereocenters. The Bertz CT molecular complexity index is 624. The maximum atomic E-state index is 10.5. The molecule has 3 saturated heterocycles. The van der Waals surface area contributed by atoms with Gasteiger partial charge < -0.3 is 74.7 Å². The molecule has 15 atom stereocenters. The van der Waals surface area contributed by atoms with E-state index >= 15 is 0 Å². The normalized spacial score (nSPS) is 53.7. The van der Waals surface area contributed by atoms with E-state index in [1.807, 2.05) is 0 Å². The summed E-state index contributed by atoms with van der Waals surface area (Å²) in [5, 5.41) is 99.8. The van der Waals surface area contributed by atoms with E-state index in [0.29, 0.717) is 0 Å². The molecule has 0 aliphatic carbocycles. The van der Waals surface area contributed by atoms with Gasteiger partial charge in [0, 0.05) is 0 Å². The van der Waals surface area contributed by atoms with Gasteiger partial charge in [-0.25, -0.2) is 0 Å². The Morgan fingerprint density at radius 3 is 1.64 bits per heavy atom. The fourth-order valence-corrected chi connectivity index (χ4v) is 3.99. The Morgan fingerprint density at radius 1 is 0.545 bits per heavy atom. The van der Waals surface area contributed by atoms with Gasteiger partial charge in [-0.2, -0.15) is 0 Å². The minimum absolute atomic E-state index is 0.739. The van der Waals surface area contributed by atoms with Gasteiger partial charge in [-0.3, -0.25) is 0 Å². The van der Waals surface area contributed by atoms with Crippen LogP contribution < -0.4 is 0 Å². The fraction of sp³-hybridized carbons (Fsp3) is 1.00. The molecule has 3 aliphatic heterocycles. The van der Waals surface area contributed by atoms with Crippen molar-refractivity contribution < 1.29 is 74.7 Å². The number of aliphatic hydroxyl groups excluding tert-OH is 10. The second kappa shape index (κ2) is 11.0. The minimum Gasteiger partial charge on any atom is -0.394 e. The zero-order valence-electron chi connectivity index (χ0n) is 17.6. The van der Waals surface area contributed by atoms with Crippen LogP contribution >= 0.6 is 0 Å².